The van der Waals surface area contributed by atoms with E-state index in [4.69, 9.17) is 29.6 Å². The quantitative estimate of drug-likeness (QED) is 0.851. The highest BCUT2D eigenvalue weighted by Crippen LogP contribution is 2.22. The molecule has 0 spiro atoms. The first-order valence-corrected chi connectivity index (χ1v) is 7.93. The topological polar surface area (TPSA) is 46.3 Å². The van der Waals surface area contributed by atoms with E-state index in [1.54, 1.807) is 11.9 Å². The number of likely N-dealkylation sites (N-methyl/N-ethyl adjacent to an activating group) is 1. The molecular formula is C15H15ClN2OS2. The van der Waals surface area contributed by atoms with E-state index < -0.39 is 0 Å². The number of thiocarbonyl (C=S) groups is 1. The van der Waals surface area contributed by atoms with Gasteiger partial charge in [0, 0.05) is 17.5 Å². The summed E-state index contributed by atoms with van der Waals surface area (Å²) in [5.41, 5.74) is 7.30. The van der Waals surface area contributed by atoms with E-state index in [1.807, 2.05) is 36.4 Å². The van der Waals surface area contributed by atoms with Gasteiger partial charge in [0.25, 0.3) is 0 Å². The number of rotatable bonds is 5. The molecule has 2 aromatic rings. The molecule has 110 valence electrons. The number of hydrogen-bond donors (Lipinski definition) is 1. The summed E-state index contributed by atoms with van der Waals surface area (Å²) < 4.78 is 0.735. The molecule has 6 heteroatoms. The van der Waals surface area contributed by atoms with Crippen LogP contribution in [0.5, 0.6) is 0 Å². The smallest absolute Gasteiger partial charge is 0.227 e. The third-order valence-electron chi connectivity index (χ3n) is 3.04. The van der Waals surface area contributed by atoms with Gasteiger partial charge in [-0.05, 0) is 17.7 Å². The first-order valence-electron chi connectivity index (χ1n) is 6.32. The summed E-state index contributed by atoms with van der Waals surface area (Å²) in [5.74, 6) is 0.0580. The zero-order chi connectivity index (χ0) is 15.4. The van der Waals surface area contributed by atoms with Gasteiger partial charge >= 0.3 is 0 Å². The third-order valence-corrected chi connectivity index (χ3v) is 4.49. The number of benzene rings is 1. The summed E-state index contributed by atoms with van der Waals surface area (Å²) in [6.45, 7) is 0.571. The number of carbonyl (C=O) groups excluding carboxylic acids is 1. The normalized spacial score (nSPS) is 10.4. The van der Waals surface area contributed by atoms with E-state index in [-0.39, 0.29) is 5.91 Å². The standard InChI is InChI=1S/C15H15ClN2OS2/c1-18(9-12-6-7-13(16)21-12)14(19)8-10-2-4-11(5-3-10)15(17)20/h2-7H,8-9H2,1H3,(H2,17,20). The van der Waals surface area contributed by atoms with Crippen LogP contribution in [0.1, 0.15) is 16.0 Å². The number of halogens is 1. The fourth-order valence-electron chi connectivity index (χ4n) is 1.86. The van der Waals surface area contributed by atoms with E-state index in [1.165, 1.54) is 11.3 Å². The molecule has 2 N–H and O–H groups in total. The Kier molecular flexibility index (Phi) is 5.33. The average Bonchev–Trinajstić information content (AvgIpc) is 2.84. The van der Waals surface area contributed by atoms with Crippen molar-refractivity contribution in [3.8, 4) is 0 Å². The molecule has 1 aromatic heterocycles. The Morgan fingerprint density at radius 2 is 1.95 bits per heavy atom. The van der Waals surface area contributed by atoms with Gasteiger partial charge in [0.2, 0.25) is 5.91 Å². The van der Waals surface area contributed by atoms with Crippen LogP contribution in [0.3, 0.4) is 0 Å². The SMILES string of the molecule is CN(Cc1ccc(Cl)s1)C(=O)Cc1ccc(C(N)=S)cc1. The van der Waals surface area contributed by atoms with Crippen LogP contribution in [0.4, 0.5) is 0 Å². The lowest BCUT2D eigenvalue weighted by Gasteiger charge is -2.16. The molecule has 21 heavy (non-hydrogen) atoms. The fourth-order valence-corrected chi connectivity index (χ4v) is 3.13. The molecule has 0 bridgehead atoms. The van der Waals surface area contributed by atoms with Gasteiger partial charge in [-0.3, -0.25) is 4.79 Å². The Hall–Kier alpha value is -1.43. The summed E-state index contributed by atoms with van der Waals surface area (Å²) in [6.07, 6.45) is 0.354. The van der Waals surface area contributed by atoms with E-state index in [0.29, 0.717) is 18.0 Å². The van der Waals surface area contributed by atoms with Crippen LogP contribution in [-0.4, -0.2) is 22.8 Å². The number of amides is 1. The van der Waals surface area contributed by atoms with Crippen molar-refractivity contribution in [2.75, 3.05) is 7.05 Å². The minimum atomic E-state index is 0.0580. The van der Waals surface area contributed by atoms with E-state index in [0.717, 1.165) is 20.3 Å². The van der Waals surface area contributed by atoms with Gasteiger partial charge in [-0.2, -0.15) is 0 Å². The summed E-state index contributed by atoms with van der Waals surface area (Å²) in [6, 6.07) is 11.2. The van der Waals surface area contributed by atoms with E-state index in [2.05, 4.69) is 0 Å². The Morgan fingerprint density at radius 3 is 2.48 bits per heavy atom. The predicted octanol–water partition coefficient (Wildman–Crippen LogP) is 3.24. The van der Waals surface area contributed by atoms with Crippen molar-refractivity contribution in [3.05, 3.63) is 56.7 Å². The van der Waals surface area contributed by atoms with Crippen molar-refractivity contribution in [3.63, 3.8) is 0 Å². The van der Waals surface area contributed by atoms with Gasteiger partial charge in [0.15, 0.2) is 0 Å². The monoisotopic (exact) mass is 338 g/mol. The summed E-state index contributed by atoms with van der Waals surface area (Å²) in [7, 11) is 1.79. The zero-order valence-corrected chi connectivity index (χ0v) is 13.9. The highest BCUT2D eigenvalue weighted by molar-refractivity contribution is 7.80. The van der Waals surface area contributed by atoms with Crippen LogP contribution >= 0.6 is 35.2 Å². The van der Waals surface area contributed by atoms with Crippen LogP contribution in [0.25, 0.3) is 0 Å². The number of hydrogen-bond acceptors (Lipinski definition) is 3. The van der Waals surface area contributed by atoms with Crippen LogP contribution < -0.4 is 5.73 Å². The second kappa shape index (κ2) is 7.02. The maximum absolute atomic E-state index is 12.2. The van der Waals surface area contributed by atoms with Crippen LogP contribution in [0.2, 0.25) is 4.34 Å². The van der Waals surface area contributed by atoms with Gasteiger partial charge in [-0.1, -0.05) is 48.1 Å². The van der Waals surface area contributed by atoms with Crippen molar-refractivity contribution in [1.82, 2.24) is 4.90 Å². The second-order valence-electron chi connectivity index (χ2n) is 4.69. The minimum absolute atomic E-state index is 0.0580. The average molecular weight is 339 g/mol. The molecule has 1 amide bonds. The molecule has 0 aliphatic rings. The van der Waals surface area contributed by atoms with Gasteiger partial charge in [0.05, 0.1) is 17.3 Å². The van der Waals surface area contributed by atoms with Gasteiger partial charge in [-0.25, -0.2) is 0 Å². The predicted molar refractivity (Wildman–Crippen MR) is 91.8 cm³/mol. The maximum Gasteiger partial charge on any atom is 0.227 e. The molecule has 1 heterocycles. The number of nitrogens with zero attached hydrogens (tertiary/aromatic N) is 1. The molecule has 0 unspecified atom stereocenters. The zero-order valence-electron chi connectivity index (χ0n) is 11.5. The highest BCUT2D eigenvalue weighted by Gasteiger charge is 2.11. The van der Waals surface area contributed by atoms with Crippen molar-refractivity contribution >= 4 is 46.1 Å². The van der Waals surface area contributed by atoms with Gasteiger partial charge < -0.3 is 10.6 Å². The lowest BCUT2D eigenvalue weighted by molar-refractivity contribution is -0.129. The molecule has 0 saturated heterocycles. The molecule has 0 saturated carbocycles. The van der Waals surface area contributed by atoms with E-state index in [9.17, 15) is 4.79 Å². The van der Waals surface area contributed by atoms with Crippen molar-refractivity contribution in [1.29, 1.82) is 0 Å². The molecule has 0 aliphatic heterocycles. The van der Waals surface area contributed by atoms with Crippen LogP contribution in [-0.2, 0) is 17.8 Å². The first kappa shape index (κ1) is 15.9. The Labute approximate surface area is 138 Å². The largest absolute Gasteiger partial charge is 0.389 e. The Bertz CT molecular complexity index is 652. The minimum Gasteiger partial charge on any atom is -0.389 e. The molecule has 1 aromatic carbocycles. The van der Waals surface area contributed by atoms with Crippen molar-refractivity contribution in [2.45, 2.75) is 13.0 Å². The van der Waals surface area contributed by atoms with Crippen LogP contribution in [0.15, 0.2) is 36.4 Å². The number of carbonyl (C=O) groups is 1. The number of thiophene rings is 1. The maximum atomic E-state index is 12.2. The summed E-state index contributed by atoms with van der Waals surface area (Å²) >= 11 is 12.3. The molecule has 0 fully saturated rings. The molecule has 3 nitrogen and oxygen atoms in total. The van der Waals surface area contributed by atoms with Crippen molar-refractivity contribution in [2.24, 2.45) is 5.73 Å². The molecule has 0 aliphatic carbocycles. The highest BCUT2D eigenvalue weighted by atomic mass is 35.5. The molecule has 2 rings (SSSR count). The van der Waals surface area contributed by atoms with Crippen molar-refractivity contribution < 1.29 is 4.79 Å². The lowest BCUT2D eigenvalue weighted by Crippen LogP contribution is -2.27. The Morgan fingerprint density at radius 1 is 1.29 bits per heavy atom. The Balaban J connectivity index is 1.95. The van der Waals surface area contributed by atoms with Gasteiger partial charge in [-0.15, -0.1) is 11.3 Å². The van der Waals surface area contributed by atoms with Gasteiger partial charge in [0.1, 0.15) is 4.99 Å². The fraction of sp³-hybridized carbons (Fsp3) is 0.200. The third kappa shape index (κ3) is 4.52. The van der Waals surface area contributed by atoms with Crippen LogP contribution in [0, 0.1) is 0 Å². The molecule has 0 atom stereocenters. The number of nitrogens with two attached hydrogens (primary N) is 1. The molecule has 0 radical (unpaired) electrons. The first-order chi connectivity index (χ1) is 9.95. The summed E-state index contributed by atoms with van der Waals surface area (Å²) in [4.78, 5) is 15.3. The van der Waals surface area contributed by atoms with E-state index >= 15 is 0 Å². The second-order valence-corrected chi connectivity index (χ2v) is 6.93. The summed E-state index contributed by atoms with van der Waals surface area (Å²) in [5, 5.41) is 0. The lowest BCUT2D eigenvalue weighted by atomic mass is 10.1. The molecular weight excluding hydrogens is 324 g/mol.